The summed E-state index contributed by atoms with van der Waals surface area (Å²) in [6.07, 6.45) is 2.30. The van der Waals surface area contributed by atoms with Crippen LogP contribution in [0.4, 0.5) is 0 Å². The summed E-state index contributed by atoms with van der Waals surface area (Å²) in [4.78, 5) is 10.6. The van der Waals surface area contributed by atoms with Gasteiger partial charge in [0.05, 0.1) is 12.5 Å². The second-order valence-corrected chi connectivity index (χ2v) is 5.74. The minimum absolute atomic E-state index is 0.0839. The second kappa shape index (κ2) is 4.75. The van der Waals surface area contributed by atoms with E-state index in [2.05, 4.69) is 0 Å². The molecule has 0 radical (unpaired) electrons. The molecule has 0 aromatic heterocycles. The lowest BCUT2D eigenvalue weighted by molar-refractivity contribution is -0.138. The minimum Gasteiger partial charge on any atom is -0.481 e. The fraction of sp³-hybridized carbons (Fsp3) is 0.800. The Hall–Kier alpha value is -0.890. The summed E-state index contributed by atoms with van der Waals surface area (Å²) in [5.41, 5.74) is -0.277. The largest absolute Gasteiger partial charge is 0.481 e. The lowest BCUT2D eigenvalue weighted by Gasteiger charge is -2.13. The number of nitrogens with zero attached hydrogens (tertiary/aromatic N) is 1. The lowest BCUT2D eigenvalue weighted by Crippen LogP contribution is -2.23. The molecule has 1 N–H and O–H groups in total. The molecular weight excluding hydrogens is 214 g/mol. The maximum Gasteiger partial charge on any atom is 0.303 e. The molecule has 5 heteroatoms. The van der Waals surface area contributed by atoms with Crippen molar-refractivity contribution in [3.05, 3.63) is 0 Å². The fourth-order valence-electron chi connectivity index (χ4n) is 1.61. The van der Waals surface area contributed by atoms with E-state index in [1.54, 1.807) is 0 Å². The number of aliphatic carboxylic acids is 1. The van der Waals surface area contributed by atoms with Crippen molar-refractivity contribution >= 4 is 16.8 Å². The minimum atomic E-state index is -1.21. The Morgan fingerprint density at radius 1 is 1.67 bits per heavy atom. The predicted molar refractivity (Wildman–Crippen MR) is 56.6 cm³/mol. The summed E-state index contributed by atoms with van der Waals surface area (Å²) in [5.74, 6) is -0.472. The van der Waals surface area contributed by atoms with Gasteiger partial charge in [0.2, 0.25) is 0 Å². The summed E-state index contributed by atoms with van der Waals surface area (Å²) >= 11 is 0. The van der Waals surface area contributed by atoms with Crippen LogP contribution in [-0.2, 0) is 15.6 Å². The van der Waals surface area contributed by atoms with Crippen molar-refractivity contribution in [1.29, 1.82) is 5.26 Å². The van der Waals surface area contributed by atoms with Gasteiger partial charge in [-0.1, -0.05) is 6.92 Å². The predicted octanol–water partition coefficient (Wildman–Crippen LogP) is 1.29. The number of rotatable bonds is 6. The van der Waals surface area contributed by atoms with Gasteiger partial charge in [0.1, 0.15) is 5.25 Å². The van der Waals surface area contributed by atoms with Crippen LogP contribution in [-0.4, -0.2) is 26.3 Å². The molecule has 2 unspecified atom stereocenters. The van der Waals surface area contributed by atoms with Gasteiger partial charge in [0.25, 0.3) is 0 Å². The number of carboxylic acids is 1. The molecule has 2 atom stereocenters. The van der Waals surface area contributed by atoms with Crippen molar-refractivity contribution in [3.8, 4) is 6.07 Å². The zero-order valence-corrected chi connectivity index (χ0v) is 9.55. The summed E-state index contributed by atoms with van der Waals surface area (Å²) in [6.45, 7) is 1.82. The van der Waals surface area contributed by atoms with E-state index in [1.807, 2.05) is 13.0 Å². The van der Waals surface area contributed by atoms with Crippen LogP contribution in [0.3, 0.4) is 0 Å². The average molecular weight is 229 g/mol. The van der Waals surface area contributed by atoms with E-state index >= 15 is 0 Å². The summed E-state index contributed by atoms with van der Waals surface area (Å²) in [7, 11) is -1.21. The Morgan fingerprint density at radius 2 is 2.27 bits per heavy atom. The summed E-state index contributed by atoms with van der Waals surface area (Å²) in [6, 6.07) is 2.01. The highest BCUT2D eigenvalue weighted by molar-refractivity contribution is 7.85. The van der Waals surface area contributed by atoms with Crippen molar-refractivity contribution in [2.75, 3.05) is 5.75 Å². The molecule has 0 aromatic carbocycles. The molecule has 0 amide bonds. The number of carbonyl (C=O) groups is 1. The van der Waals surface area contributed by atoms with Gasteiger partial charge < -0.3 is 5.11 Å². The number of hydrogen-bond acceptors (Lipinski definition) is 3. The molecule has 15 heavy (non-hydrogen) atoms. The first kappa shape index (κ1) is 12.2. The van der Waals surface area contributed by atoms with Crippen LogP contribution in [0.2, 0.25) is 0 Å². The molecule has 1 aliphatic carbocycles. The van der Waals surface area contributed by atoms with Crippen molar-refractivity contribution in [1.82, 2.24) is 0 Å². The van der Waals surface area contributed by atoms with E-state index < -0.39 is 22.0 Å². The molecule has 0 bridgehead atoms. The van der Waals surface area contributed by atoms with E-state index in [9.17, 15) is 9.00 Å². The van der Waals surface area contributed by atoms with Crippen LogP contribution in [0.5, 0.6) is 0 Å². The van der Waals surface area contributed by atoms with Crippen LogP contribution >= 0.6 is 0 Å². The maximum atomic E-state index is 11.7. The van der Waals surface area contributed by atoms with E-state index in [0.717, 1.165) is 12.8 Å². The van der Waals surface area contributed by atoms with Gasteiger partial charge >= 0.3 is 5.97 Å². The van der Waals surface area contributed by atoms with Gasteiger partial charge in [-0.3, -0.25) is 9.00 Å². The quantitative estimate of drug-likeness (QED) is 0.744. The number of nitriles is 1. The molecule has 1 fully saturated rings. The molecule has 84 valence electrons. The molecule has 0 aromatic rings. The molecule has 0 spiro atoms. The van der Waals surface area contributed by atoms with Gasteiger partial charge in [0.15, 0.2) is 0 Å². The number of hydrogen-bond donors (Lipinski definition) is 1. The highest BCUT2D eigenvalue weighted by atomic mass is 32.2. The third-order valence-electron chi connectivity index (χ3n) is 2.76. The molecule has 1 aliphatic rings. The van der Waals surface area contributed by atoms with E-state index in [0.29, 0.717) is 12.2 Å². The van der Waals surface area contributed by atoms with Gasteiger partial charge in [-0.2, -0.15) is 5.26 Å². The zero-order chi connectivity index (χ0) is 11.5. The monoisotopic (exact) mass is 229 g/mol. The molecule has 4 nitrogen and oxygen atoms in total. The Bertz CT molecular complexity index is 317. The maximum absolute atomic E-state index is 11.7. The van der Waals surface area contributed by atoms with E-state index in [4.69, 9.17) is 10.4 Å². The third kappa shape index (κ3) is 3.31. The third-order valence-corrected chi connectivity index (χ3v) is 4.73. The number of carboxylic acid groups (broad SMARTS) is 1. The Kier molecular flexibility index (Phi) is 3.86. The molecule has 1 saturated carbocycles. The first-order chi connectivity index (χ1) is 7.03. The highest BCUT2D eigenvalue weighted by Crippen LogP contribution is 2.49. The van der Waals surface area contributed by atoms with Crippen LogP contribution in [0, 0.1) is 16.7 Å². The second-order valence-electron chi connectivity index (χ2n) is 4.12. The average Bonchev–Trinajstić information content (AvgIpc) is 2.85. The van der Waals surface area contributed by atoms with E-state index in [1.165, 1.54) is 0 Å². The summed E-state index contributed by atoms with van der Waals surface area (Å²) < 4.78 is 11.7. The normalized spacial score (nSPS) is 21.3. The van der Waals surface area contributed by atoms with Gasteiger partial charge in [-0.15, -0.1) is 0 Å². The topological polar surface area (TPSA) is 78.2 Å². The molecule has 0 saturated heterocycles. The van der Waals surface area contributed by atoms with E-state index in [-0.39, 0.29) is 11.8 Å². The van der Waals surface area contributed by atoms with Crippen LogP contribution < -0.4 is 0 Å². The van der Waals surface area contributed by atoms with Gasteiger partial charge in [-0.05, 0) is 24.7 Å². The molecule has 1 rings (SSSR count). The first-order valence-corrected chi connectivity index (χ1v) is 6.40. The zero-order valence-electron chi connectivity index (χ0n) is 8.73. The van der Waals surface area contributed by atoms with Gasteiger partial charge in [0, 0.05) is 16.6 Å². The first-order valence-electron chi connectivity index (χ1n) is 5.01. The smallest absolute Gasteiger partial charge is 0.303 e. The highest BCUT2D eigenvalue weighted by Gasteiger charge is 2.46. The SMILES string of the molecule is CCC(C#N)S(=O)CC1(CC(=O)O)CC1. The molecular formula is C10H15NO3S. The van der Waals surface area contributed by atoms with Crippen molar-refractivity contribution < 1.29 is 14.1 Å². The van der Waals surface area contributed by atoms with Crippen LogP contribution in [0.25, 0.3) is 0 Å². The van der Waals surface area contributed by atoms with Crippen molar-refractivity contribution in [2.24, 2.45) is 5.41 Å². The Morgan fingerprint density at radius 3 is 2.60 bits per heavy atom. The van der Waals surface area contributed by atoms with Crippen molar-refractivity contribution in [3.63, 3.8) is 0 Å². The fourth-order valence-corrected chi connectivity index (χ4v) is 3.29. The van der Waals surface area contributed by atoms with Crippen LogP contribution in [0.15, 0.2) is 0 Å². The van der Waals surface area contributed by atoms with Gasteiger partial charge in [-0.25, -0.2) is 0 Å². The molecule has 0 heterocycles. The summed E-state index contributed by atoms with van der Waals surface area (Å²) in [5, 5.41) is 17.0. The Balaban J connectivity index is 2.51. The molecule has 0 aliphatic heterocycles. The lowest BCUT2D eigenvalue weighted by atomic mass is 10.1. The Labute approximate surface area is 91.7 Å². The van der Waals surface area contributed by atoms with Crippen LogP contribution in [0.1, 0.15) is 32.6 Å². The standard InChI is InChI=1S/C10H15NO3S/c1-2-8(6-11)15(14)7-10(3-4-10)5-9(12)13/h8H,2-5,7H2,1H3,(H,12,13). The van der Waals surface area contributed by atoms with Crippen molar-refractivity contribution in [2.45, 2.75) is 37.9 Å².